The lowest BCUT2D eigenvalue weighted by molar-refractivity contribution is 0.102. The second-order valence-corrected chi connectivity index (χ2v) is 4.20. The monoisotopic (exact) mass is 241 g/mol. The molecular weight excluding hydrogens is 226 g/mol. The van der Waals surface area contributed by atoms with Gasteiger partial charge >= 0.3 is 0 Å². The van der Waals surface area contributed by atoms with E-state index in [0.717, 1.165) is 16.8 Å². The fourth-order valence-electron chi connectivity index (χ4n) is 1.73. The molecule has 0 fully saturated rings. The Bertz CT molecular complexity index is 556. The lowest BCUT2D eigenvalue weighted by Crippen LogP contribution is -2.15. The number of amides is 1. The summed E-state index contributed by atoms with van der Waals surface area (Å²) in [6, 6.07) is 9.14. The standard InChI is InChI=1S/C14H15N3O/c1-9-4-3-5-10(2)13(9)17-14(18)12-7-6-11(15)8-16-12/h3-8H,15H2,1-2H3,(H,17,18). The molecule has 18 heavy (non-hydrogen) atoms. The van der Waals surface area contributed by atoms with Gasteiger partial charge in [-0.25, -0.2) is 4.98 Å². The molecule has 4 heteroatoms. The number of rotatable bonds is 2. The molecule has 0 atom stereocenters. The van der Waals surface area contributed by atoms with Gasteiger partial charge < -0.3 is 11.1 Å². The van der Waals surface area contributed by atoms with Gasteiger partial charge in [-0.15, -0.1) is 0 Å². The lowest BCUT2D eigenvalue weighted by Gasteiger charge is -2.10. The van der Waals surface area contributed by atoms with E-state index in [4.69, 9.17) is 5.73 Å². The maximum absolute atomic E-state index is 12.0. The Kier molecular flexibility index (Phi) is 3.28. The number of benzene rings is 1. The van der Waals surface area contributed by atoms with E-state index in [0.29, 0.717) is 11.4 Å². The number of aryl methyl sites for hydroxylation is 2. The second-order valence-electron chi connectivity index (χ2n) is 4.20. The van der Waals surface area contributed by atoms with Gasteiger partial charge in [0.1, 0.15) is 5.69 Å². The van der Waals surface area contributed by atoms with E-state index in [9.17, 15) is 4.79 Å². The van der Waals surface area contributed by atoms with Crippen molar-refractivity contribution in [2.24, 2.45) is 0 Å². The molecule has 3 N–H and O–H groups in total. The van der Waals surface area contributed by atoms with Crippen molar-refractivity contribution in [3.8, 4) is 0 Å². The van der Waals surface area contributed by atoms with Crippen LogP contribution in [0.1, 0.15) is 21.6 Å². The number of nitrogens with one attached hydrogen (secondary N) is 1. The first-order chi connectivity index (χ1) is 8.58. The number of nitrogens with two attached hydrogens (primary N) is 1. The minimum absolute atomic E-state index is 0.229. The summed E-state index contributed by atoms with van der Waals surface area (Å²) in [5, 5.41) is 2.87. The first kappa shape index (κ1) is 12.1. The Labute approximate surface area is 106 Å². The van der Waals surface area contributed by atoms with E-state index >= 15 is 0 Å². The Morgan fingerprint density at radius 1 is 1.17 bits per heavy atom. The van der Waals surface area contributed by atoms with Gasteiger partial charge in [0.2, 0.25) is 0 Å². The third-order valence-corrected chi connectivity index (χ3v) is 2.74. The van der Waals surface area contributed by atoms with Crippen molar-refractivity contribution >= 4 is 17.3 Å². The van der Waals surface area contributed by atoms with Crippen molar-refractivity contribution in [3.63, 3.8) is 0 Å². The topological polar surface area (TPSA) is 68.0 Å². The predicted octanol–water partition coefficient (Wildman–Crippen LogP) is 2.53. The number of anilines is 2. The van der Waals surface area contributed by atoms with Crippen LogP contribution in [-0.2, 0) is 0 Å². The van der Waals surface area contributed by atoms with Gasteiger partial charge in [-0.3, -0.25) is 4.79 Å². The molecular formula is C14H15N3O. The van der Waals surface area contributed by atoms with Gasteiger partial charge in [0.15, 0.2) is 0 Å². The Morgan fingerprint density at radius 3 is 2.39 bits per heavy atom. The molecule has 1 amide bonds. The highest BCUT2D eigenvalue weighted by Gasteiger charge is 2.10. The third-order valence-electron chi connectivity index (χ3n) is 2.74. The van der Waals surface area contributed by atoms with Crippen LogP contribution in [0.4, 0.5) is 11.4 Å². The van der Waals surface area contributed by atoms with Crippen LogP contribution in [0.25, 0.3) is 0 Å². The summed E-state index contributed by atoms with van der Waals surface area (Å²) >= 11 is 0. The van der Waals surface area contributed by atoms with Gasteiger partial charge in [0, 0.05) is 5.69 Å². The van der Waals surface area contributed by atoms with Crippen molar-refractivity contribution in [3.05, 3.63) is 53.3 Å². The summed E-state index contributed by atoms with van der Waals surface area (Å²) in [6.45, 7) is 3.91. The molecule has 4 nitrogen and oxygen atoms in total. The van der Waals surface area contributed by atoms with E-state index in [1.807, 2.05) is 32.0 Å². The zero-order chi connectivity index (χ0) is 13.1. The number of hydrogen-bond acceptors (Lipinski definition) is 3. The molecule has 0 aliphatic rings. The number of carbonyl (C=O) groups is 1. The molecule has 1 aromatic carbocycles. The molecule has 0 radical (unpaired) electrons. The summed E-state index contributed by atoms with van der Waals surface area (Å²) in [6.07, 6.45) is 1.47. The molecule has 0 aliphatic carbocycles. The smallest absolute Gasteiger partial charge is 0.274 e. The lowest BCUT2D eigenvalue weighted by atomic mass is 10.1. The Hall–Kier alpha value is -2.36. The van der Waals surface area contributed by atoms with Crippen molar-refractivity contribution in [1.29, 1.82) is 0 Å². The number of nitrogen functional groups attached to an aromatic ring is 1. The zero-order valence-corrected chi connectivity index (χ0v) is 10.4. The normalized spacial score (nSPS) is 10.1. The zero-order valence-electron chi connectivity index (χ0n) is 10.4. The number of aromatic nitrogens is 1. The summed E-state index contributed by atoms with van der Waals surface area (Å²) in [5.41, 5.74) is 9.32. The first-order valence-corrected chi connectivity index (χ1v) is 5.67. The minimum Gasteiger partial charge on any atom is -0.397 e. The van der Waals surface area contributed by atoms with E-state index in [-0.39, 0.29) is 5.91 Å². The molecule has 1 heterocycles. The molecule has 2 aromatic rings. The molecule has 0 unspecified atom stereocenters. The maximum Gasteiger partial charge on any atom is 0.274 e. The highest BCUT2D eigenvalue weighted by Crippen LogP contribution is 2.20. The molecule has 92 valence electrons. The SMILES string of the molecule is Cc1cccc(C)c1NC(=O)c1ccc(N)cn1. The van der Waals surface area contributed by atoms with E-state index in [1.165, 1.54) is 6.20 Å². The van der Waals surface area contributed by atoms with Crippen LogP contribution >= 0.6 is 0 Å². The van der Waals surface area contributed by atoms with Crippen LogP contribution in [0.15, 0.2) is 36.5 Å². The van der Waals surface area contributed by atoms with Gasteiger partial charge in [-0.2, -0.15) is 0 Å². The average molecular weight is 241 g/mol. The quantitative estimate of drug-likeness (QED) is 0.849. The number of hydrogen-bond donors (Lipinski definition) is 2. The first-order valence-electron chi connectivity index (χ1n) is 5.67. The van der Waals surface area contributed by atoms with Gasteiger partial charge in [-0.1, -0.05) is 18.2 Å². The van der Waals surface area contributed by atoms with Crippen molar-refractivity contribution < 1.29 is 4.79 Å². The van der Waals surface area contributed by atoms with Gasteiger partial charge in [0.25, 0.3) is 5.91 Å². The van der Waals surface area contributed by atoms with Crippen molar-refractivity contribution in [1.82, 2.24) is 4.98 Å². The summed E-state index contributed by atoms with van der Waals surface area (Å²) < 4.78 is 0. The summed E-state index contributed by atoms with van der Waals surface area (Å²) in [7, 11) is 0. The van der Waals surface area contributed by atoms with E-state index < -0.39 is 0 Å². The van der Waals surface area contributed by atoms with Gasteiger partial charge in [-0.05, 0) is 37.1 Å². The minimum atomic E-state index is -0.229. The maximum atomic E-state index is 12.0. The third kappa shape index (κ3) is 2.48. The van der Waals surface area contributed by atoms with Crippen LogP contribution in [0.2, 0.25) is 0 Å². The van der Waals surface area contributed by atoms with Crippen LogP contribution in [0.3, 0.4) is 0 Å². The average Bonchev–Trinajstić information content (AvgIpc) is 2.34. The second kappa shape index (κ2) is 4.87. The molecule has 0 bridgehead atoms. The number of carbonyl (C=O) groups excluding carboxylic acids is 1. The number of para-hydroxylation sites is 1. The summed E-state index contributed by atoms with van der Waals surface area (Å²) in [5.74, 6) is -0.229. The van der Waals surface area contributed by atoms with Crippen molar-refractivity contribution in [2.45, 2.75) is 13.8 Å². The fourth-order valence-corrected chi connectivity index (χ4v) is 1.73. The molecule has 1 aromatic heterocycles. The van der Waals surface area contributed by atoms with Crippen LogP contribution in [0.5, 0.6) is 0 Å². The molecule has 0 saturated carbocycles. The van der Waals surface area contributed by atoms with Crippen LogP contribution in [0, 0.1) is 13.8 Å². The van der Waals surface area contributed by atoms with Crippen LogP contribution < -0.4 is 11.1 Å². The van der Waals surface area contributed by atoms with E-state index in [1.54, 1.807) is 12.1 Å². The fraction of sp³-hybridized carbons (Fsp3) is 0.143. The molecule has 0 saturated heterocycles. The number of nitrogens with zero attached hydrogens (tertiary/aromatic N) is 1. The largest absolute Gasteiger partial charge is 0.397 e. The van der Waals surface area contributed by atoms with Gasteiger partial charge in [0.05, 0.1) is 11.9 Å². The predicted molar refractivity (Wildman–Crippen MR) is 72.5 cm³/mol. The van der Waals surface area contributed by atoms with Crippen molar-refractivity contribution in [2.75, 3.05) is 11.1 Å². The molecule has 2 rings (SSSR count). The molecule has 0 aliphatic heterocycles. The number of pyridine rings is 1. The molecule has 0 spiro atoms. The Balaban J connectivity index is 2.24. The van der Waals surface area contributed by atoms with Crippen LogP contribution in [-0.4, -0.2) is 10.9 Å². The Morgan fingerprint density at radius 2 is 1.83 bits per heavy atom. The summed E-state index contributed by atoms with van der Waals surface area (Å²) in [4.78, 5) is 16.0. The highest BCUT2D eigenvalue weighted by atomic mass is 16.1. The van der Waals surface area contributed by atoms with E-state index in [2.05, 4.69) is 10.3 Å². The highest BCUT2D eigenvalue weighted by molar-refractivity contribution is 6.03.